The quantitative estimate of drug-likeness (QED) is 0.617. The molecule has 4 heteroatoms. The first kappa shape index (κ1) is 14.1. The van der Waals surface area contributed by atoms with Crippen molar-refractivity contribution in [2.24, 2.45) is 0 Å². The molecule has 0 N–H and O–H groups in total. The van der Waals surface area contributed by atoms with Crippen LogP contribution in [0, 0.1) is 5.82 Å². The Morgan fingerprint density at radius 2 is 1.80 bits per heavy atom. The fourth-order valence-corrected chi connectivity index (χ4v) is 1.11. The maximum Gasteiger partial charge on any atom is 0.164 e. The summed E-state index contributed by atoms with van der Waals surface area (Å²) in [6.07, 6.45) is 0.471. The summed E-state index contributed by atoms with van der Waals surface area (Å²) in [4.78, 5) is 13.5. The molecule has 0 aliphatic carbocycles. The van der Waals surface area contributed by atoms with Crippen molar-refractivity contribution in [1.29, 1.82) is 0 Å². The van der Waals surface area contributed by atoms with Gasteiger partial charge < -0.3 is 17.3 Å². The average molecular weight is 231 g/mol. The van der Waals surface area contributed by atoms with Gasteiger partial charge >= 0.3 is 0 Å². The van der Waals surface area contributed by atoms with Gasteiger partial charge in [-0.25, -0.2) is 4.39 Å². The van der Waals surface area contributed by atoms with Crippen LogP contribution in [-0.4, -0.2) is 31.3 Å². The summed E-state index contributed by atoms with van der Waals surface area (Å²) in [6.45, 7) is 0.718. The fourth-order valence-electron chi connectivity index (χ4n) is 1.11. The van der Waals surface area contributed by atoms with Crippen molar-refractivity contribution in [2.45, 2.75) is 6.42 Å². The molecule has 0 unspecified atom stereocenters. The van der Waals surface area contributed by atoms with Crippen LogP contribution in [0.5, 0.6) is 0 Å². The van der Waals surface area contributed by atoms with E-state index in [0.29, 0.717) is 12.0 Å². The predicted octanol–water partition coefficient (Wildman–Crippen LogP) is -1.04. The highest BCUT2D eigenvalue weighted by Crippen LogP contribution is 2.05. The molecule has 0 amide bonds. The van der Waals surface area contributed by atoms with E-state index >= 15 is 0 Å². The maximum absolute atomic E-state index is 12.5. The van der Waals surface area contributed by atoms with Gasteiger partial charge in [-0.15, -0.1) is 0 Å². The number of Topliss-reactive ketones (excluding diaryl/α,β-unsaturated/α-hetero) is 1. The first-order chi connectivity index (χ1) is 6.59. The van der Waals surface area contributed by atoms with Gasteiger partial charge in [0.25, 0.3) is 0 Å². The Bertz CT molecular complexity index is 311. The Morgan fingerprint density at radius 3 is 2.27 bits per heavy atom. The summed E-state index contributed by atoms with van der Waals surface area (Å²) in [5.41, 5.74) is 0.577. The van der Waals surface area contributed by atoms with Crippen molar-refractivity contribution < 1.29 is 21.6 Å². The van der Waals surface area contributed by atoms with Crippen LogP contribution in [0.3, 0.4) is 0 Å². The minimum absolute atomic E-state index is 0. The van der Waals surface area contributed by atoms with E-state index in [1.165, 1.54) is 24.3 Å². The van der Waals surface area contributed by atoms with Gasteiger partial charge in [0.2, 0.25) is 0 Å². The van der Waals surface area contributed by atoms with Crippen molar-refractivity contribution in [3.05, 3.63) is 35.6 Å². The van der Waals surface area contributed by atoms with Crippen molar-refractivity contribution in [2.75, 3.05) is 20.6 Å². The minimum atomic E-state index is -0.311. The van der Waals surface area contributed by atoms with Gasteiger partial charge in [0.15, 0.2) is 5.78 Å². The summed E-state index contributed by atoms with van der Waals surface area (Å²) >= 11 is 0. The molecule has 0 bridgehead atoms. The van der Waals surface area contributed by atoms with Crippen LogP contribution in [0.15, 0.2) is 24.3 Å². The van der Waals surface area contributed by atoms with Crippen molar-refractivity contribution >= 4 is 5.78 Å². The number of carbonyl (C=O) groups is 1. The van der Waals surface area contributed by atoms with E-state index in [0.717, 1.165) is 6.54 Å². The Morgan fingerprint density at radius 1 is 1.27 bits per heavy atom. The fraction of sp³-hybridized carbons (Fsp3) is 0.364. The summed E-state index contributed by atoms with van der Waals surface area (Å²) in [5.74, 6) is -0.257. The van der Waals surface area contributed by atoms with Gasteiger partial charge in [-0.2, -0.15) is 0 Å². The van der Waals surface area contributed by atoms with Crippen molar-refractivity contribution in [3.8, 4) is 0 Å². The molecular formula is C11H14ClFNO-. The monoisotopic (exact) mass is 230 g/mol. The van der Waals surface area contributed by atoms with E-state index in [2.05, 4.69) is 0 Å². The molecule has 0 atom stereocenters. The Balaban J connectivity index is 0.00000196. The molecule has 84 valence electrons. The molecule has 0 saturated heterocycles. The third-order valence-electron chi connectivity index (χ3n) is 1.95. The number of benzene rings is 1. The summed E-state index contributed by atoms with van der Waals surface area (Å²) in [7, 11) is 3.83. The summed E-state index contributed by atoms with van der Waals surface area (Å²) in [6, 6.07) is 5.66. The molecule has 1 rings (SSSR count). The number of hydrogen-bond donors (Lipinski definition) is 0. The summed E-state index contributed by atoms with van der Waals surface area (Å²) in [5, 5.41) is 0. The lowest BCUT2D eigenvalue weighted by Gasteiger charge is -2.07. The molecule has 0 fully saturated rings. The van der Waals surface area contributed by atoms with Crippen LogP contribution in [0.1, 0.15) is 16.8 Å². The zero-order valence-corrected chi connectivity index (χ0v) is 9.59. The van der Waals surface area contributed by atoms with Gasteiger partial charge in [-0.05, 0) is 38.4 Å². The first-order valence-electron chi connectivity index (χ1n) is 4.53. The van der Waals surface area contributed by atoms with Crippen LogP contribution >= 0.6 is 0 Å². The first-order valence-corrected chi connectivity index (χ1v) is 4.53. The smallest absolute Gasteiger partial charge is 0.164 e. The van der Waals surface area contributed by atoms with E-state index in [1.54, 1.807) is 0 Å². The molecule has 0 heterocycles. The van der Waals surface area contributed by atoms with E-state index in [9.17, 15) is 9.18 Å². The molecule has 2 nitrogen and oxygen atoms in total. The molecule has 0 aliphatic rings. The van der Waals surface area contributed by atoms with Crippen LogP contribution in [-0.2, 0) is 0 Å². The Labute approximate surface area is 95.5 Å². The number of ketones is 1. The Kier molecular flexibility index (Phi) is 6.13. The highest BCUT2D eigenvalue weighted by Gasteiger charge is 2.05. The second-order valence-electron chi connectivity index (χ2n) is 3.48. The van der Waals surface area contributed by atoms with Gasteiger partial charge in [0.1, 0.15) is 5.82 Å². The number of rotatable bonds is 4. The highest BCUT2D eigenvalue weighted by molar-refractivity contribution is 5.96. The average Bonchev–Trinajstić information content (AvgIpc) is 2.15. The lowest BCUT2D eigenvalue weighted by atomic mass is 10.1. The van der Waals surface area contributed by atoms with Crippen LogP contribution < -0.4 is 12.4 Å². The third-order valence-corrected chi connectivity index (χ3v) is 1.95. The van der Waals surface area contributed by atoms with Gasteiger partial charge in [0.05, 0.1) is 0 Å². The van der Waals surface area contributed by atoms with Crippen LogP contribution in [0.4, 0.5) is 4.39 Å². The van der Waals surface area contributed by atoms with Crippen molar-refractivity contribution in [3.63, 3.8) is 0 Å². The number of halogens is 2. The third kappa shape index (κ3) is 4.91. The van der Waals surface area contributed by atoms with Gasteiger partial charge in [-0.3, -0.25) is 4.79 Å². The van der Waals surface area contributed by atoms with Gasteiger partial charge in [0, 0.05) is 18.5 Å². The molecule has 0 radical (unpaired) electrons. The number of nitrogens with zero attached hydrogens (tertiary/aromatic N) is 1. The largest absolute Gasteiger partial charge is 1.00 e. The van der Waals surface area contributed by atoms with E-state index in [4.69, 9.17) is 0 Å². The van der Waals surface area contributed by atoms with Crippen LogP contribution in [0.2, 0.25) is 0 Å². The van der Waals surface area contributed by atoms with E-state index in [1.807, 2.05) is 19.0 Å². The van der Waals surface area contributed by atoms with Crippen molar-refractivity contribution in [1.82, 2.24) is 4.90 Å². The molecule has 15 heavy (non-hydrogen) atoms. The molecule has 0 aliphatic heterocycles. The zero-order valence-electron chi connectivity index (χ0n) is 8.84. The second kappa shape index (κ2) is 6.53. The molecular weight excluding hydrogens is 217 g/mol. The Hall–Kier alpha value is -0.930. The molecule has 1 aromatic carbocycles. The number of carbonyl (C=O) groups excluding carboxylic acids is 1. The van der Waals surface area contributed by atoms with E-state index < -0.39 is 0 Å². The molecule has 0 spiro atoms. The predicted molar refractivity (Wildman–Crippen MR) is 53.9 cm³/mol. The van der Waals surface area contributed by atoms with Gasteiger partial charge in [-0.1, -0.05) is 0 Å². The maximum atomic E-state index is 12.5. The minimum Gasteiger partial charge on any atom is -1.00 e. The lowest BCUT2D eigenvalue weighted by Crippen LogP contribution is -3.00. The standard InChI is InChI=1S/C11H14FNO.ClH/c1-13(2)8-7-11(14)9-3-5-10(12)6-4-9;/h3-6H,7-8H2,1-2H3;1H/p-1. The second-order valence-corrected chi connectivity index (χ2v) is 3.48. The molecule has 1 aromatic rings. The zero-order chi connectivity index (χ0) is 10.6. The SMILES string of the molecule is CN(C)CCC(=O)c1ccc(F)cc1.[Cl-]. The molecule has 0 aromatic heterocycles. The lowest BCUT2D eigenvalue weighted by molar-refractivity contribution is -0.0000115. The van der Waals surface area contributed by atoms with E-state index in [-0.39, 0.29) is 24.0 Å². The highest BCUT2D eigenvalue weighted by atomic mass is 35.5. The van der Waals surface area contributed by atoms with Crippen LogP contribution in [0.25, 0.3) is 0 Å². The topological polar surface area (TPSA) is 20.3 Å². The summed E-state index contributed by atoms with van der Waals surface area (Å²) < 4.78 is 12.5. The normalized spacial score (nSPS) is 9.87. The number of hydrogen-bond acceptors (Lipinski definition) is 2. The molecule has 0 saturated carbocycles.